The van der Waals surface area contributed by atoms with Crippen molar-refractivity contribution in [3.8, 4) is 0 Å². The van der Waals surface area contributed by atoms with Crippen LogP contribution in [0.1, 0.15) is 29.5 Å². The Balaban J connectivity index is 1.58. The zero-order valence-electron chi connectivity index (χ0n) is 18.4. The molecule has 1 amide bonds. The molecule has 0 saturated carbocycles. The molecule has 0 aromatic heterocycles. The van der Waals surface area contributed by atoms with Gasteiger partial charge in [0.1, 0.15) is 6.54 Å². The van der Waals surface area contributed by atoms with Gasteiger partial charge in [-0.25, -0.2) is 0 Å². The predicted octanol–water partition coefficient (Wildman–Crippen LogP) is 4.21. The van der Waals surface area contributed by atoms with E-state index in [1.54, 1.807) is 0 Å². The van der Waals surface area contributed by atoms with Gasteiger partial charge in [0.15, 0.2) is 0 Å². The Hall–Kier alpha value is -3.77. The molecule has 33 heavy (non-hydrogen) atoms. The number of carboxylic acids is 1. The van der Waals surface area contributed by atoms with Gasteiger partial charge in [0.05, 0.1) is 17.4 Å². The molecular weight excluding hydrogens is 414 g/mol. The van der Waals surface area contributed by atoms with E-state index >= 15 is 0 Å². The monoisotopic (exact) mass is 441 g/mol. The summed E-state index contributed by atoms with van der Waals surface area (Å²) in [7, 11) is 0. The lowest BCUT2D eigenvalue weighted by Crippen LogP contribution is -2.39. The third-order valence-corrected chi connectivity index (χ3v) is 5.75. The molecule has 168 valence electrons. The fraction of sp³-hybridized carbons (Fsp3) is 0.222. The average molecular weight is 442 g/mol. The lowest BCUT2D eigenvalue weighted by molar-refractivity contribution is -0.135. The molecule has 0 radical (unpaired) electrons. The van der Waals surface area contributed by atoms with Crippen LogP contribution in [0, 0.1) is 0 Å². The van der Waals surface area contributed by atoms with Crippen LogP contribution in [0.25, 0.3) is 0 Å². The SMILES string of the molecule is O=C(O)C/N=C(\c1ccccc1)c1ccccc1NC(=O)[C@@H]1CCCN1Cc1ccccc1. The van der Waals surface area contributed by atoms with Crippen molar-refractivity contribution in [2.24, 2.45) is 4.99 Å². The van der Waals surface area contributed by atoms with Crippen molar-refractivity contribution in [1.82, 2.24) is 4.90 Å². The number of rotatable bonds is 8. The van der Waals surface area contributed by atoms with Gasteiger partial charge in [-0.3, -0.25) is 19.5 Å². The molecule has 4 rings (SSSR count). The molecule has 3 aromatic carbocycles. The maximum absolute atomic E-state index is 13.3. The van der Waals surface area contributed by atoms with Crippen LogP contribution in [0.4, 0.5) is 5.69 Å². The third-order valence-electron chi connectivity index (χ3n) is 5.75. The van der Waals surface area contributed by atoms with Crippen molar-refractivity contribution in [1.29, 1.82) is 0 Å². The molecule has 0 unspecified atom stereocenters. The van der Waals surface area contributed by atoms with Crippen LogP contribution < -0.4 is 5.32 Å². The molecule has 2 N–H and O–H groups in total. The summed E-state index contributed by atoms with van der Waals surface area (Å²) in [6.07, 6.45) is 1.78. The molecule has 6 heteroatoms. The van der Waals surface area contributed by atoms with Gasteiger partial charge in [0, 0.05) is 17.7 Å². The summed E-state index contributed by atoms with van der Waals surface area (Å²) in [4.78, 5) is 31.1. The fourth-order valence-electron chi connectivity index (χ4n) is 4.22. The van der Waals surface area contributed by atoms with Gasteiger partial charge in [-0.05, 0) is 31.0 Å². The van der Waals surface area contributed by atoms with Crippen molar-refractivity contribution >= 4 is 23.3 Å². The fourth-order valence-corrected chi connectivity index (χ4v) is 4.22. The zero-order valence-corrected chi connectivity index (χ0v) is 18.4. The van der Waals surface area contributed by atoms with Gasteiger partial charge in [-0.2, -0.15) is 0 Å². The van der Waals surface area contributed by atoms with E-state index in [-0.39, 0.29) is 18.5 Å². The smallest absolute Gasteiger partial charge is 0.325 e. The molecule has 1 fully saturated rings. The van der Waals surface area contributed by atoms with E-state index < -0.39 is 5.97 Å². The molecule has 3 aromatic rings. The number of carbonyl (C=O) groups is 2. The largest absolute Gasteiger partial charge is 0.480 e. The van der Waals surface area contributed by atoms with E-state index in [0.29, 0.717) is 17.0 Å². The van der Waals surface area contributed by atoms with Crippen molar-refractivity contribution in [2.75, 3.05) is 18.4 Å². The standard InChI is InChI=1S/C27H27N3O3/c31-25(32)18-28-26(21-12-5-2-6-13-21)22-14-7-8-15-23(22)29-27(33)24-16-9-17-30(24)19-20-10-3-1-4-11-20/h1-8,10-15,24H,9,16-19H2,(H,29,33)(H,31,32)/b28-26+/t24-/m0/s1. The van der Waals surface area contributed by atoms with Crippen molar-refractivity contribution in [3.05, 3.63) is 102 Å². The van der Waals surface area contributed by atoms with E-state index in [0.717, 1.165) is 31.5 Å². The minimum atomic E-state index is -1.01. The summed E-state index contributed by atoms with van der Waals surface area (Å²) in [5.41, 5.74) is 3.85. The second kappa shape index (κ2) is 10.7. The first kappa shape index (κ1) is 22.4. The quantitative estimate of drug-likeness (QED) is 0.513. The predicted molar refractivity (Wildman–Crippen MR) is 130 cm³/mol. The summed E-state index contributed by atoms with van der Waals surface area (Å²) in [5.74, 6) is -1.06. The Morgan fingerprint density at radius 1 is 0.939 bits per heavy atom. The number of aliphatic carboxylic acids is 1. The van der Waals surface area contributed by atoms with Crippen LogP contribution >= 0.6 is 0 Å². The maximum atomic E-state index is 13.3. The van der Waals surface area contributed by atoms with Gasteiger partial charge < -0.3 is 10.4 Å². The lowest BCUT2D eigenvalue weighted by Gasteiger charge is -2.24. The van der Waals surface area contributed by atoms with E-state index in [9.17, 15) is 14.7 Å². The molecule has 1 aliphatic rings. The number of anilines is 1. The number of aliphatic imine (C=N–C) groups is 1. The number of nitrogens with one attached hydrogen (secondary N) is 1. The second-order valence-corrected chi connectivity index (χ2v) is 8.07. The number of hydrogen-bond acceptors (Lipinski definition) is 4. The molecule has 1 saturated heterocycles. The molecule has 0 spiro atoms. The van der Waals surface area contributed by atoms with Gasteiger partial charge in [0.2, 0.25) is 5.91 Å². The first-order valence-electron chi connectivity index (χ1n) is 11.1. The number of para-hydroxylation sites is 1. The van der Waals surface area contributed by atoms with Crippen LogP contribution in [0.15, 0.2) is 89.9 Å². The molecule has 1 aliphatic heterocycles. The highest BCUT2D eigenvalue weighted by Gasteiger charge is 2.31. The highest BCUT2D eigenvalue weighted by Crippen LogP contribution is 2.24. The number of hydrogen-bond donors (Lipinski definition) is 2. The number of nitrogens with zero attached hydrogens (tertiary/aromatic N) is 2. The van der Waals surface area contributed by atoms with Crippen LogP contribution in [0.2, 0.25) is 0 Å². The van der Waals surface area contributed by atoms with Crippen molar-refractivity contribution < 1.29 is 14.7 Å². The van der Waals surface area contributed by atoms with Crippen molar-refractivity contribution in [3.63, 3.8) is 0 Å². The first-order chi connectivity index (χ1) is 16.1. The van der Waals surface area contributed by atoms with Crippen LogP contribution in [-0.4, -0.2) is 46.7 Å². The average Bonchev–Trinajstić information content (AvgIpc) is 3.29. The van der Waals surface area contributed by atoms with Gasteiger partial charge in [-0.1, -0.05) is 78.9 Å². The Bertz CT molecular complexity index is 1130. The topological polar surface area (TPSA) is 82.0 Å². The van der Waals surface area contributed by atoms with Gasteiger partial charge in [0.25, 0.3) is 0 Å². The highest BCUT2D eigenvalue weighted by atomic mass is 16.4. The lowest BCUT2D eigenvalue weighted by atomic mass is 10.00. The van der Waals surface area contributed by atoms with E-state index in [4.69, 9.17) is 0 Å². The maximum Gasteiger partial charge on any atom is 0.325 e. The second-order valence-electron chi connectivity index (χ2n) is 8.07. The molecule has 0 aliphatic carbocycles. The van der Waals surface area contributed by atoms with Crippen LogP contribution in [0.5, 0.6) is 0 Å². The Kier molecular flexibility index (Phi) is 7.27. The van der Waals surface area contributed by atoms with Crippen LogP contribution in [0.3, 0.4) is 0 Å². The summed E-state index contributed by atoms with van der Waals surface area (Å²) in [5, 5.41) is 12.3. The highest BCUT2D eigenvalue weighted by molar-refractivity contribution is 6.17. The number of carbonyl (C=O) groups excluding carboxylic acids is 1. The Morgan fingerprint density at radius 2 is 1.61 bits per heavy atom. The van der Waals surface area contributed by atoms with Crippen LogP contribution in [-0.2, 0) is 16.1 Å². The van der Waals surface area contributed by atoms with E-state index in [2.05, 4.69) is 27.3 Å². The minimum Gasteiger partial charge on any atom is -0.480 e. The Morgan fingerprint density at radius 3 is 2.33 bits per heavy atom. The van der Waals surface area contributed by atoms with Crippen molar-refractivity contribution in [2.45, 2.75) is 25.4 Å². The Labute approximate surface area is 193 Å². The summed E-state index contributed by atoms with van der Waals surface area (Å²) in [6, 6.07) is 26.8. The number of benzene rings is 3. The molecule has 1 heterocycles. The first-order valence-corrected chi connectivity index (χ1v) is 11.1. The molecule has 6 nitrogen and oxygen atoms in total. The van der Waals surface area contributed by atoms with E-state index in [1.165, 1.54) is 5.56 Å². The molecule has 1 atom stereocenters. The zero-order chi connectivity index (χ0) is 23.0. The van der Waals surface area contributed by atoms with E-state index in [1.807, 2.05) is 72.8 Å². The summed E-state index contributed by atoms with van der Waals surface area (Å²) < 4.78 is 0. The third kappa shape index (κ3) is 5.73. The normalized spacial score (nSPS) is 16.5. The number of amides is 1. The molecular formula is C27H27N3O3. The molecule has 0 bridgehead atoms. The van der Waals surface area contributed by atoms with Gasteiger partial charge in [-0.15, -0.1) is 0 Å². The number of likely N-dealkylation sites (tertiary alicyclic amines) is 1. The number of carboxylic acid groups (broad SMARTS) is 1. The summed E-state index contributed by atoms with van der Waals surface area (Å²) >= 11 is 0. The van der Waals surface area contributed by atoms with Gasteiger partial charge >= 0.3 is 5.97 Å². The summed E-state index contributed by atoms with van der Waals surface area (Å²) in [6.45, 7) is 1.26. The minimum absolute atomic E-state index is 0.0541.